The fourth-order valence-electron chi connectivity index (χ4n) is 2.93. The van der Waals surface area contributed by atoms with Gasteiger partial charge in [-0.3, -0.25) is 0 Å². The molecule has 2 unspecified atom stereocenters. The number of rotatable bonds is 7. The molecule has 1 aromatic carbocycles. The minimum absolute atomic E-state index is 0.362. The first-order chi connectivity index (χ1) is 9.33. The van der Waals surface area contributed by atoms with Gasteiger partial charge in [0.2, 0.25) is 0 Å². The molecule has 1 N–H and O–H groups in total. The monoisotopic (exact) mass is 295 g/mol. The van der Waals surface area contributed by atoms with E-state index in [9.17, 15) is 0 Å². The molecule has 1 aromatic rings. The quantitative estimate of drug-likeness (QED) is 0.666. The zero-order valence-electron chi connectivity index (χ0n) is 13.7. The molecule has 0 bridgehead atoms. The van der Waals surface area contributed by atoms with Crippen molar-refractivity contribution in [3.63, 3.8) is 0 Å². The normalized spacial score (nSPS) is 15.1. The Balaban J connectivity index is 2.77. The largest absolute Gasteiger partial charge is 0.310 e. The molecular weight excluding hydrogens is 266 g/mol. The molecule has 0 saturated carbocycles. The Labute approximate surface area is 130 Å². The first-order valence-corrected chi connectivity index (χ1v) is 8.19. The topological polar surface area (TPSA) is 12.0 Å². The third-order valence-electron chi connectivity index (χ3n) is 3.52. The smallest absolute Gasteiger partial charge is 0.0453 e. The van der Waals surface area contributed by atoms with E-state index in [2.05, 4.69) is 52.1 Å². The van der Waals surface area contributed by atoms with Crippen LogP contribution >= 0.6 is 11.6 Å². The average molecular weight is 296 g/mol. The molecule has 0 aliphatic rings. The first kappa shape index (κ1) is 17.5. The molecule has 0 aliphatic carbocycles. The summed E-state index contributed by atoms with van der Waals surface area (Å²) in [6.07, 6.45) is 3.53. The summed E-state index contributed by atoms with van der Waals surface area (Å²) in [5.41, 5.74) is 1.62. The van der Waals surface area contributed by atoms with E-state index in [1.54, 1.807) is 0 Å². The highest BCUT2D eigenvalue weighted by atomic mass is 35.5. The van der Waals surface area contributed by atoms with Crippen molar-refractivity contribution in [2.45, 2.75) is 59.9 Å². The van der Waals surface area contributed by atoms with Gasteiger partial charge in [0.05, 0.1) is 0 Å². The Morgan fingerprint density at radius 1 is 1.20 bits per heavy atom. The lowest BCUT2D eigenvalue weighted by molar-refractivity contribution is 0.276. The molecule has 20 heavy (non-hydrogen) atoms. The first-order valence-electron chi connectivity index (χ1n) is 7.81. The molecule has 2 heteroatoms. The Morgan fingerprint density at radius 3 is 2.40 bits per heavy atom. The van der Waals surface area contributed by atoms with Crippen molar-refractivity contribution in [2.24, 2.45) is 11.3 Å². The van der Waals surface area contributed by atoms with Crippen LogP contribution in [0.25, 0.3) is 0 Å². The maximum Gasteiger partial charge on any atom is 0.0453 e. The van der Waals surface area contributed by atoms with E-state index < -0.39 is 0 Å². The van der Waals surface area contributed by atoms with Gasteiger partial charge in [0.1, 0.15) is 0 Å². The molecule has 114 valence electrons. The fraction of sp³-hybridized carbons (Fsp3) is 0.667. The molecule has 1 rings (SSSR count). The summed E-state index contributed by atoms with van der Waals surface area (Å²) in [6.45, 7) is 12.5. The van der Waals surface area contributed by atoms with Crippen LogP contribution in [0.3, 0.4) is 0 Å². The molecule has 0 amide bonds. The summed E-state index contributed by atoms with van der Waals surface area (Å²) in [4.78, 5) is 0. The third kappa shape index (κ3) is 6.28. The van der Waals surface area contributed by atoms with Gasteiger partial charge in [-0.1, -0.05) is 64.4 Å². The van der Waals surface area contributed by atoms with Gasteiger partial charge >= 0.3 is 0 Å². The second-order valence-corrected chi connectivity index (χ2v) is 7.54. The summed E-state index contributed by atoms with van der Waals surface area (Å²) in [5, 5.41) is 4.54. The van der Waals surface area contributed by atoms with Crippen LogP contribution in [0.5, 0.6) is 0 Å². The van der Waals surface area contributed by atoms with Crippen molar-refractivity contribution in [1.29, 1.82) is 0 Å². The van der Waals surface area contributed by atoms with Crippen LogP contribution in [0, 0.1) is 11.3 Å². The van der Waals surface area contributed by atoms with Gasteiger partial charge in [0, 0.05) is 11.1 Å². The molecule has 0 aliphatic heterocycles. The molecule has 1 nitrogen and oxygen atoms in total. The Hall–Kier alpha value is -0.530. The zero-order valence-corrected chi connectivity index (χ0v) is 14.4. The third-order valence-corrected chi connectivity index (χ3v) is 3.86. The summed E-state index contributed by atoms with van der Waals surface area (Å²) >= 11 is 6.37. The Morgan fingerprint density at radius 2 is 1.85 bits per heavy atom. The van der Waals surface area contributed by atoms with E-state index in [1.165, 1.54) is 12.0 Å². The maximum absolute atomic E-state index is 6.37. The molecule has 0 fully saturated rings. The Kier molecular flexibility index (Phi) is 7.05. The van der Waals surface area contributed by atoms with Crippen LogP contribution in [0.4, 0.5) is 0 Å². The summed E-state index contributed by atoms with van der Waals surface area (Å²) in [6, 6.07) is 8.59. The van der Waals surface area contributed by atoms with Crippen molar-refractivity contribution in [3.8, 4) is 0 Å². The maximum atomic E-state index is 6.37. The SMILES string of the molecule is CCCNC(CC(C)CC(C)(C)C)c1ccccc1Cl. The number of nitrogens with one attached hydrogen (secondary N) is 1. The van der Waals surface area contributed by atoms with Crippen molar-refractivity contribution >= 4 is 11.6 Å². The van der Waals surface area contributed by atoms with Crippen molar-refractivity contribution in [1.82, 2.24) is 5.32 Å². The summed E-state index contributed by atoms with van der Waals surface area (Å²) in [5.74, 6) is 0.681. The van der Waals surface area contributed by atoms with Crippen molar-refractivity contribution in [2.75, 3.05) is 6.54 Å². The van der Waals surface area contributed by atoms with E-state index in [4.69, 9.17) is 11.6 Å². The molecular formula is C18H30ClN. The van der Waals surface area contributed by atoms with Gasteiger partial charge in [-0.05, 0) is 48.8 Å². The lowest BCUT2D eigenvalue weighted by Gasteiger charge is -2.28. The molecule has 0 spiro atoms. The van der Waals surface area contributed by atoms with Crippen molar-refractivity contribution < 1.29 is 0 Å². The molecule has 0 aromatic heterocycles. The minimum atomic E-state index is 0.362. The number of halogens is 1. The Bertz CT molecular complexity index is 395. The molecule has 2 atom stereocenters. The van der Waals surface area contributed by atoms with Gasteiger partial charge in [0.25, 0.3) is 0 Å². The lowest BCUT2D eigenvalue weighted by atomic mass is 9.82. The van der Waals surface area contributed by atoms with Crippen LogP contribution < -0.4 is 5.32 Å². The second kappa shape index (κ2) is 8.05. The van der Waals surface area contributed by atoms with Gasteiger partial charge in [-0.25, -0.2) is 0 Å². The van der Waals surface area contributed by atoms with Gasteiger partial charge in [-0.2, -0.15) is 0 Å². The van der Waals surface area contributed by atoms with Crippen LogP contribution in [0.1, 0.15) is 65.5 Å². The van der Waals surface area contributed by atoms with E-state index in [1.807, 2.05) is 12.1 Å². The highest BCUT2D eigenvalue weighted by Gasteiger charge is 2.21. The predicted molar refractivity (Wildman–Crippen MR) is 90.3 cm³/mol. The van der Waals surface area contributed by atoms with Crippen LogP contribution in [0.2, 0.25) is 5.02 Å². The highest BCUT2D eigenvalue weighted by Crippen LogP contribution is 2.32. The van der Waals surface area contributed by atoms with Crippen molar-refractivity contribution in [3.05, 3.63) is 34.9 Å². The van der Waals surface area contributed by atoms with E-state index in [-0.39, 0.29) is 0 Å². The lowest BCUT2D eigenvalue weighted by Crippen LogP contribution is -2.25. The van der Waals surface area contributed by atoms with Crippen LogP contribution in [0.15, 0.2) is 24.3 Å². The predicted octanol–water partition coefficient (Wildman–Crippen LogP) is 5.84. The summed E-state index contributed by atoms with van der Waals surface area (Å²) in [7, 11) is 0. The number of hydrogen-bond acceptors (Lipinski definition) is 1. The molecule has 0 heterocycles. The van der Waals surface area contributed by atoms with E-state index >= 15 is 0 Å². The van der Waals surface area contributed by atoms with Crippen LogP contribution in [-0.4, -0.2) is 6.54 Å². The summed E-state index contributed by atoms with van der Waals surface area (Å²) < 4.78 is 0. The van der Waals surface area contributed by atoms with E-state index in [0.717, 1.165) is 24.4 Å². The second-order valence-electron chi connectivity index (χ2n) is 7.13. The number of hydrogen-bond donors (Lipinski definition) is 1. The highest BCUT2D eigenvalue weighted by molar-refractivity contribution is 6.31. The minimum Gasteiger partial charge on any atom is -0.310 e. The van der Waals surface area contributed by atoms with Gasteiger partial charge < -0.3 is 5.32 Å². The fourth-order valence-corrected chi connectivity index (χ4v) is 3.20. The van der Waals surface area contributed by atoms with Gasteiger partial charge in [0.15, 0.2) is 0 Å². The van der Waals surface area contributed by atoms with E-state index in [0.29, 0.717) is 17.4 Å². The average Bonchev–Trinajstić information content (AvgIpc) is 2.33. The standard InChI is InChI=1S/C18H30ClN/c1-6-11-20-17(12-14(2)13-18(3,4)5)15-9-7-8-10-16(15)19/h7-10,14,17,20H,6,11-13H2,1-5H3. The molecule has 0 radical (unpaired) electrons. The molecule has 0 saturated heterocycles. The zero-order chi connectivity index (χ0) is 15.2. The van der Waals surface area contributed by atoms with Crippen LogP contribution in [-0.2, 0) is 0 Å². The van der Waals surface area contributed by atoms with Gasteiger partial charge in [-0.15, -0.1) is 0 Å². The number of benzene rings is 1.